The Morgan fingerprint density at radius 3 is 2.64 bits per heavy atom. The van der Waals surface area contributed by atoms with Crippen LogP contribution < -0.4 is 5.32 Å². The molecule has 0 radical (unpaired) electrons. The fraction of sp³-hybridized carbons (Fsp3) is 0.941. The second kappa shape index (κ2) is 7.18. The van der Waals surface area contributed by atoms with E-state index in [2.05, 4.69) is 12.2 Å². The van der Waals surface area contributed by atoms with E-state index in [0.29, 0.717) is 18.4 Å². The molecule has 1 saturated carbocycles. The third-order valence-corrected chi connectivity index (χ3v) is 4.87. The van der Waals surface area contributed by atoms with Crippen LogP contribution >= 0.6 is 0 Å². The van der Waals surface area contributed by atoms with Crippen molar-refractivity contribution in [3.8, 4) is 0 Å². The molecule has 4 unspecified atom stereocenters. The van der Waals surface area contributed by atoms with Gasteiger partial charge in [0.1, 0.15) is 5.60 Å². The highest BCUT2D eigenvalue weighted by atomic mass is 16.6. The average molecular weight is 312 g/mol. The van der Waals surface area contributed by atoms with Gasteiger partial charge in [-0.05, 0) is 51.9 Å². The molecular formula is C17H32N2O3. The molecule has 5 nitrogen and oxygen atoms in total. The van der Waals surface area contributed by atoms with Gasteiger partial charge in [-0.1, -0.05) is 13.3 Å². The number of rotatable bonds is 3. The third-order valence-electron chi connectivity index (χ3n) is 4.87. The van der Waals surface area contributed by atoms with Crippen molar-refractivity contribution >= 4 is 6.09 Å². The van der Waals surface area contributed by atoms with Gasteiger partial charge in [0.05, 0.1) is 6.10 Å². The van der Waals surface area contributed by atoms with Gasteiger partial charge in [-0.15, -0.1) is 0 Å². The molecule has 1 aliphatic heterocycles. The molecule has 1 heterocycles. The lowest BCUT2D eigenvalue weighted by molar-refractivity contribution is 0.0142. The van der Waals surface area contributed by atoms with Crippen molar-refractivity contribution in [2.45, 2.75) is 71.1 Å². The van der Waals surface area contributed by atoms with E-state index in [-0.39, 0.29) is 18.2 Å². The number of carbonyl (C=O) groups excluding carboxylic acids is 1. The van der Waals surface area contributed by atoms with Crippen LogP contribution in [-0.2, 0) is 4.74 Å². The Hall–Kier alpha value is -0.810. The average Bonchev–Trinajstić information content (AvgIpc) is 2.81. The van der Waals surface area contributed by atoms with Crippen molar-refractivity contribution in [1.29, 1.82) is 0 Å². The summed E-state index contributed by atoms with van der Waals surface area (Å²) in [6.45, 7) is 10.2. The van der Waals surface area contributed by atoms with Gasteiger partial charge in [-0.2, -0.15) is 0 Å². The van der Waals surface area contributed by atoms with Crippen LogP contribution in [-0.4, -0.2) is 53.5 Å². The number of nitrogens with zero attached hydrogens (tertiary/aromatic N) is 1. The quantitative estimate of drug-likeness (QED) is 0.840. The molecule has 4 atom stereocenters. The minimum Gasteiger partial charge on any atom is -0.444 e. The fourth-order valence-corrected chi connectivity index (χ4v) is 3.39. The van der Waals surface area contributed by atoms with Gasteiger partial charge in [-0.3, -0.25) is 0 Å². The number of amides is 1. The molecule has 0 bridgehead atoms. The van der Waals surface area contributed by atoms with Crippen LogP contribution in [0.2, 0.25) is 0 Å². The van der Waals surface area contributed by atoms with Crippen molar-refractivity contribution in [1.82, 2.24) is 10.2 Å². The van der Waals surface area contributed by atoms with E-state index < -0.39 is 5.60 Å². The number of hydrogen-bond acceptors (Lipinski definition) is 4. The molecule has 22 heavy (non-hydrogen) atoms. The maximum absolute atomic E-state index is 12.2. The summed E-state index contributed by atoms with van der Waals surface area (Å²) in [7, 11) is 0. The second-order valence-electron chi connectivity index (χ2n) is 7.97. The van der Waals surface area contributed by atoms with Gasteiger partial charge in [0.2, 0.25) is 0 Å². The van der Waals surface area contributed by atoms with E-state index in [1.165, 1.54) is 0 Å². The molecule has 1 saturated heterocycles. The molecule has 2 aliphatic rings. The van der Waals surface area contributed by atoms with Crippen molar-refractivity contribution < 1.29 is 14.6 Å². The van der Waals surface area contributed by atoms with Crippen LogP contribution in [0.15, 0.2) is 0 Å². The molecular weight excluding hydrogens is 280 g/mol. The Kier molecular flexibility index (Phi) is 5.72. The summed E-state index contributed by atoms with van der Waals surface area (Å²) in [6, 6.07) is 0.286. The largest absolute Gasteiger partial charge is 0.444 e. The third kappa shape index (κ3) is 4.85. The minimum atomic E-state index is -0.447. The molecule has 1 aliphatic carbocycles. The summed E-state index contributed by atoms with van der Waals surface area (Å²) in [5, 5.41) is 13.5. The van der Waals surface area contributed by atoms with Crippen LogP contribution in [0, 0.1) is 11.8 Å². The van der Waals surface area contributed by atoms with Crippen LogP contribution in [0.5, 0.6) is 0 Å². The van der Waals surface area contributed by atoms with Gasteiger partial charge >= 0.3 is 6.09 Å². The zero-order chi connectivity index (χ0) is 16.3. The van der Waals surface area contributed by atoms with Gasteiger partial charge in [0.15, 0.2) is 0 Å². The van der Waals surface area contributed by atoms with E-state index in [1.54, 1.807) is 0 Å². The molecule has 0 spiro atoms. The van der Waals surface area contributed by atoms with Crippen LogP contribution in [0.25, 0.3) is 0 Å². The van der Waals surface area contributed by atoms with Crippen molar-refractivity contribution in [3.63, 3.8) is 0 Å². The first-order valence-corrected chi connectivity index (χ1v) is 8.65. The molecule has 1 amide bonds. The normalized spacial score (nSPS) is 33.0. The molecule has 128 valence electrons. The second-order valence-corrected chi connectivity index (χ2v) is 7.97. The SMILES string of the molecule is CC1CCN(C(=O)OC(C)(C)C)CC1NCC1CCCC1O. The number of carbonyl (C=O) groups is 1. The zero-order valence-electron chi connectivity index (χ0n) is 14.5. The maximum Gasteiger partial charge on any atom is 0.410 e. The Balaban J connectivity index is 1.84. The molecule has 0 aromatic heterocycles. The van der Waals surface area contributed by atoms with E-state index in [1.807, 2.05) is 25.7 Å². The first-order chi connectivity index (χ1) is 10.3. The van der Waals surface area contributed by atoms with E-state index >= 15 is 0 Å². The molecule has 2 N–H and O–H groups in total. The van der Waals surface area contributed by atoms with E-state index in [4.69, 9.17) is 4.74 Å². The number of hydrogen-bond donors (Lipinski definition) is 2. The van der Waals surface area contributed by atoms with Crippen LogP contribution in [0.1, 0.15) is 53.4 Å². The standard InChI is InChI=1S/C17H32N2O3/c1-12-8-9-19(16(21)22-17(2,3)4)11-14(12)18-10-13-6-5-7-15(13)20/h12-15,18,20H,5-11H2,1-4H3. The Labute approximate surface area is 134 Å². The summed E-state index contributed by atoms with van der Waals surface area (Å²) in [5.41, 5.74) is -0.447. The lowest BCUT2D eigenvalue weighted by Crippen LogP contribution is -2.53. The lowest BCUT2D eigenvalue weighted by atomic mass is 9.93. The van der Waals surface area contributed by atoms with Gasteiger partial charge < -0.3 is 20.1 Å². The van der Waals surface area contributed by atoms with Gasteiger partial charge in [-0.25, -0.2) is 4.79 Å². The highest BCUT2D eigenvalue weighted by Crippen LogP contribution is 2.26. The first kappa shape index (κ1) is 17.5. The fourth-order valence-electron chi connectivity index (χ4n) is 3.39. The number of nitrogens with one attached hydrogen (secondary N) is 1. The highest BCUT2D eigenvalue weighted by Gasteiger charge is 2.32. The molecule has 5 heteroatoms. The van der Waals surface area contributed by atoms with E-state index in [9.17, 15) is 9.90 Å². The number of likely N-dealkylation sites (tertiary alicyclic amines) is 1. The smallest absolute Gasteiger partial charge is 0.410 e. The Morgan fingerprint density at radius 1 is 1.32 bits per heavy atom. The predicted octanol–water partition coefficient (Wildman–Crippen LogP) is 2.38. The number of aliphatic hydroxyl groups is 1. The molecule has 2 rings (SSSR count). The van der Waals surface area contributed by atoms with Crippen LogP contribution in [0.3, 0.4) is 0 Å². The molecule has 2 fully saturated rings. The first-order valence-electron chi connectivity index (χ1n) is 8.65. The number of piperidine rings is 1. The summed E-state index contributed by atoms with van der Waals surface area (Å²) in [6.07, 6.45) is 3.77. The molecule has 0 aromatic rings. The lowest BCUT2D eigenvalue weighted by Gasteiger charge is -2.38. The van der Waals surface area contributed by atoms with Crippen molar-refractivity contribution in [2.75, 3.05) is 19.6 Å². The Morgan fingerprint density at radius 2 is 2.05 bits per heavy atom. The van der Waals surface area contributed by atoms with Crippen molar-refractivity contribution in [2.24, 2.45) is 11.8 Å². The number of ether oxygens (including phenoxy) is 1. The summed E-state index contributed by atoms with van der Waals surface area (Å²) < 4.78 is 5.47. The summed E-state index contributed by atoms with van der Waals surface area (Å²) in [4.78, 5) is 14.0. The Bertz CT molecular complexity index is 381. The molecule has 0 aromatic carbocycles. The topological polar surface area (TPSA) is 61.8 Å². The zero-order valence-corrected chi connectivity index (χ0v) is 14.5. The minimum absolute atomic E-state index is 0.159. The van der Waals surface area contributed by atoms with Crippen LogP contribution in [0.4, 0.5) is 4.79 Å². The van der Waals surface area contributed by atoms with Crippen molar-refractivity contribution in [3.05, 3.63) is 0 Å². The predicted molar refractivity (Wildman–Crippen MR) is 86.7 cm³/mol. The summed E-state index contributed by atoms with van der Waals surface area (Å²) in [5.74, 6) is 0.904. The highest BCUT2D eigenvalue weighted by molar-refractivity contribution is 5.68. The monoisotopic (exact) mass is 312 g/mol. The van der Waals surface area contributed by atoms with Gasteiger partial charge in [0, 0.05) is 25.7 Å². The number of aliphatic hydroxyl groups excluding tert-OH is 1. The maximum atomic E-state index is 12.2. The van der Waals surface area contributed by atoms with Gasteiger partial charge in [0.25, 0.3) is 0 Å². The van der Waals surface area contributed by atoms with E-state index in [0.717, 1.165) is 38.8 Å². The summed E-state index contributed by atoms with van der Waals surface area (Å²) >= 11 is 0.